The quantitative estimate of drug-likeness (QED) is 0.0902. The number of hydrogen-bond acceptors (Lipinski definition) is 11. The van der Waals surface area contributed by atoms with Crippen LogP contribution >= 0.6 is 22.9 Å². The highest BCUT2D eigenvalue weighted by atomic mass is 35.5. The maximum absolute atomic E-state index is 15.3. The number of amides is 4. The number of anilines is 3. The van der Waals surface area contributed by atoms with Crippen molar-refractivity contribution in [2.45, 2.75) is 32.6 Å². The van der Waals surface area contributed by atoms with Crippen LogP contribution in [0.15, 0.2) is 113 Å². The number of thiophene rings is 1. The van der Waals surface area contributed by atoms with Crippen molar-refractivity contribution in [3.63, 3.8) is 0 Å². The van der Waals surface area contributed by atoms with Crippen molar-refractivity contribution in [2.75, 3.05) is 35.9 Å². The van der Waals surface area contributed by atoms with Gasteiger partial charge in [0.25, 0.3) is 0 Å². The molecule has 15 heteroatoms. The van der Waals surface area contributed by atoms with E-state index in [1.807, 2.05) is 74.5 Å². The van der Waals surface area contributed by atoms with E-state index in [2.05, 4.69) is 10.2 Å². The summed E-state index contributed by atoms with van der Waals surface area (Å²) >= 11 is 7.90. The maximum atomic E-state index is 15.3. The number of fused-ring (bicyclic) bond motifs is 5. The van der Waals surface area contributed by atoms with Crippen LogP contribution in [0.25, 0.3) is 20.7 Å². The Morgan fingerprint density at radius 1 is 0.891 bits per heavy atom. The van der Waals surface area contributed by atoms with E-state index < -0.39 is 46.8 Å². The Morgan fingerprint density at radius 2 is 1.59 bits per heavy atom. The molecule has 3 fully saturated rings. The summed E-state index contributed by atoms with van der Waals surface area (Å²) < 4.78 is 8.42. The first-order chi connectivity index (χ1) is 30.7. The third-order valence-corrected chi connectivity index (χ3v) is 15.3. The van der Waals surface area contributed by atoms with Crippen LogP contribution in [-0.4, -0.2) is 59.7 Å². The van der Waals surface area contributed by atoms with Crippen LogP contribution in [0.3, 0.4) is 0 Å². The Kier molecular flexibility index (Phi) is 9.87. The molecule has 0 unspecified atom stereocenters. The molecule has 4 aromatic carbocycles. The molecule has 2 aliphatic carbocycles. The number of ether oxygens (including phenoxy) is 1. The Labute approximate surface area is 378 Å². The Balaban J connectivity index is 1.00. The van der Waals surface area contributed by atoms with Gasteiger partial charge >= 0.3 is 0 Å². The van der Waals surface area contributed by atoms with Crippen LogP contribution in [0.5, 0.6) is 11.5 Å². The van der Waals surface area contributed by atoms with Gasteiger partial charge in [-0.1, -0.05) is 29.3 Å². The molecule has 4 heterocycles. The number of carbonyl (C=O) groups excluding carboxylic acids is 4. The Morgan fingerprint density at radius 3 is 2.28 bits per heavy atom. The Bertz CT molecular complexity index is 3010. The van der Waals surface area contributed by atoms with Crippen molar-refractivity contribution in [2.24, 2.45) is 46.4 Å². The van der Waals surface area contributed by atoms with Gasteiger partial charge in [-0.15, -0.1) is 11.3 Å². The second-order valence-electron chi connectivity index (χ2n) is 17.4. The van der Waals surface area contributed by atoms with Crippen LogP contribution in [0.1, 0.15) is 36.8 Å². The smallest absolute Gasteiger partial charge is 0.242 e. The lowest BCUT2D eigenvalue weighted by Gasteiger charge is -2.49. The van der Waals surface area contributed by atoms with Crippen LogP contribution in [0.2, 0.25) is 5.02 Å². The lowest BCUT2D eigenvalue weighted by atomic mass is 9.51. The predicted molar refractivity (Wildman–Crippen MR) is 247 cm³/mol. The monoisotopic (exact) mass is 893 g/mol. The van der Waals surface area contributed by atoms with Gasteiger partial charge in [0.1, 0.15) is 23.0 Å². The molecule has 4 aliphatic rings. The molecular formula is C49H44ClN7O6S. The minimum absolute atomic E-state index is 0.104. The SMILES string of the molecule is COc1cccc(O)c1[C@H]1C2=CC[C@@H]3C(=O)N(c4ccc(N=Nc5ccc(N(C)C)cc5)cc4)C(=O)[C@@H]3[C@@H]2C[C@H]2C(=O)N(c3cc(-c4sc5ccc(Cl)cc5c4C)nn3C)C(=O)[C@@]12C. The zero-order chi connectivity index (χ0) is 44.9. The molecule has 6 atom stereocenters. The molecule has 0 radical (unpaired) electrons. The van der Waals surface area contributed by atoms with Crippen molar-refractivity contribution in [3.8, 4) is 22.1 Å². The van der Waals surface area contributed by atoms with Gasteiger partial charge in [-0.2, -0.15) is 15.3 Å². The second kappa shape index (κ2) is 15.3. The van der Waals surface area contributed by atoms with E-state index in [1.54, 1.807) is 72.5 Å². The lowest BCUT2D eigenvalue weighted by molar-refractivity contribution is -0.131. The number of imide groups is 2. The fourth-order valence-electron chi connectivity index (χ4n) is 10.6. The third kappa shape index (κ3) is 6.21. The topological polar surface area (TPSA) is 150 Å². The van der Waals surface area contributed by atoms with Crippen molar-refractivity contribution in [3.05, 3.63) is 119 Å². The molecule has 324 valence electrons. The molecule has 0 bridgehead atoms. The van der Waals surface area contributed by atoms with E-state index in [0.29, 0.717) is 44.9 Å². The summed E-state index contributed by atoms with van der Waals surface area (Å²) in [5.74, 6) is -4.97. The number of rotatable bonds is 8. The van der Waals surface area contributed by atoms with E-state index in [9.17, 15) is 14.7 Å². The number of phenols is 1. The summed E-state index contributed by atoms with van der Waals surface area (Å²) in [5, 5.41) is 26.8. The average Bonchev–Trinajstić information content (AvgIpc) is 3.96. The van der Waals surface area contributed by atoms with E-state index >= 15 is 9.59 Å². The summed E-state index contributed by atoms with van der Waals surface area (Å²) in [5.41, 5.74) is 3.92. The summed E-state index contributed by atoms with van der Waals surface area (Å²) in [4.78, 5) is 64.9. The molecule has 1 N–H and O–H groups in total. The van der Waals surface area contributed by atoms with Gasteiger partial charge in [-0.25, -0.2) is 4.90 Å². The van der Waals surface area contributed by atoms with Gasteiger partial charge in [0.15, 0.2) is 0 Å². The highest BCUT2D eigenvalue weighted by Crippen LogP contribution is 2.65. The number of allylic oxidation sites excluding steroid dienone is 2. The maximum Gasteiger partial charge on any atom is 0.242 e. The van der Waals surface area contributed by atoms with Crippen molar-refractivity contribution in [1.82, 2.24) is 9.78 Å². The minimum atomic E-state index is -1.42. The molecule has 13 nitrogen and oxygen atoms in total. The van der Waals surface area contributed by atoms with Crippen LogP contribution in [0.4, 0.5) is 28.6 Å². The van der Waals surface area contributed by atoms with E-state index in [4.69, 9.17) is 21.4 Å². The van der Waals surface area contributed by atoms with E-state index in [1.165, 1.54) is 23.0 Å². The van der Waals surface area contributed by atoms with E-state index in [-0.39, 0.29) is 30.4 Å². The molecule has 10 rings (SSSR count). The summed E-state index contributed by atoms with van der Waals surface area (Å²) in [6.07, 6.45) is 2.33. The molecular weight excluding hydrogens is 850 g/mol. The highest BCUT2D eigenvalue weighted by molar-refractivity contribution is 7.22. The number of halogens is 1. The average molecular weight is 894 g/mol. The number of hydrogen-bond donors (Lipinski definition) is 1. The lowest BCUT2D eigenvalue weighted by Crippen LogP contribution is -2.49. The molecule has 2 saturated heterocycles. The van der Waals surface area contributed by atoms with Crippen molar-refractivity contribution >= 4 is 85.2 Å². The van der Waals surface area contributed by atoms with Gasteiger partial charge < -0.3 is 14.7 Å². The largest absolute Gasteiger partial charge is 0.508 e. The van der Waals surface area contributed by atoms with Gasteiger partial charge in [0.2, 0.25) is 23.6 Å². The number of methoxy groups -OCH3 is 1. The summed E-state index contributed by atoms with van der Waals surface area (Å²) in [6.45, 7) is 3.78. The van der Waals surface area contributed by atoms with Crippen molar-refractivity contribution < 1.29 is 29.0 Å². The highest BCUT2D eigenvalue weighted by Gasteiger charge is 2.68. The third-order valence-electron chi connectivity index (χ3n) is 13.8. The normalized spacial score (nSPS) is 24.1. The zero-order valence-electron chi connectivity index (χ0n) is 35.9. The van der Waals surface area contributed by atoms with Crippen LogP contribution < -0.4 is 19.4 Å². The Hall–Kier alpha value is -6.64. The van der Waals surface area contributed by atoms with Crippen LogP contribution in [-0.2, 0) is 26.2 Å². The summed E-state index contributed by atoms with van der Waals surface area (Å²) in [6, 6.07) is 26.9. The van der Waals surface area contributed by atoms with Crippen LogP contribution in [0, 0.1) is 36.0 Å². The molecule has 6 aromatic rings. The minimum Gasteiger partial charge on any atom is -0.508 e. The van der Waals surface area contributed by atoms with Gasteiger partial charge in [-0.05, 0) is 122 Å². The van der Waals surface area contributed by atoms with E-state index in [0.717, 1.165) is 31.8 Å². The first kappa shape index (κ1) is 41.4. The molecule has 64 heavy (non-hydrogen) atoms. The number of carbonyl (C=O) groups is 4. The predicted octanol–water partition coefficient (Wildman–Crippen LogP) is 9.89. The summed E-state index contributed by atoms with van der Waals surface area (Å²) in [7, 11) is 7.12. The number of benzene rings is 4. The van der Waals surface area contributed by atoms with Gasteiger partial charge in [0, 0.05) is 54.1 Å². The zero-order valence-corrected chi connectivity index (χ0v) is 37.5. The fraction of sp³-hybridized carbons (Fsp3) is 0.286. The number of phenolic OH excluding ortho intramolecular Hbond substituents is 1. The first-order valence-electron chi connectivity index (χ1n) is 21.1. The number of aryl methyl sites for hydroxylation is 2. The van der Waals surface area contributed by atoms with Gasteiger partial charge in [0.05, 0.1) is 52.2 Å². The first-order valence-corrected chi connectivity index (χ1v) is 22.2. The number of aromatic nitrogens is 2. The molecule has 4 amide bonds. The fourth-order valence-corrected chi connectivity index (χ4v) is 11.9. The molecule has 1 saturated carbocycles. The standard InChI is InChI=1S/C49H44ClN7O6S/c1-25-33-22-26(50)10-21-39(33)64-44(25)36-24-40(55(5)53-36)57-46(60)35-23-34-31(43(49(35,2)48(57)62)42-37(58)8-7-9-38(42)63-6)19-20-32-41(34)47(61)56(45(32)59)30-17-13-28(14-18-30)52-51-27-11-15-29(16-12-27)54(3)4/h7-19,21-22,24,32,34-35,41,43,58H,20,23H2,1-6H3/t32-,34+,35-,41-,43+,49+/m0/s1. The number of aromatic hydroxyl groups is 1. The number of nitrogens with zero attached hydrogens (tertiary/aromatic N) is 7. The molecule has 0 spiro atoms. The second-order valence-corrected chi connectivity index (χ2v) is 18.9. The van der Waals surface area contributed by atoms with Crippen molar-refractivity contribution in [1.29, 1.82) is 0 Å². The number of azo groups is 1. The molecule has 2 aliphatic heterocycles. The van der Waals surface area contributed by atoms with Gasteiger partial charge in [-0.3, -0.25) is 28.8 Å². The molecule has 2 aromatic heterocycles.